The SMILES string of the molecule is CC1CN(C(=O)Cc2cccc3ccccc23)CC1N1CCOCC1. The highest BCUT2D eigenvalue weighted by atomic mass is 16.5. The second-order valence-corrected chi connectivity index (χ2v) is 7.31. The zero-order chi connectivity index (χ0) is 17.2. The van der Waals surface area contributed by atoms with Gasteiger partial charge in [0.25, 0.3) is 0 Å². The standard InChI is InChI=1S/C21H26N2O2/c1-16-14-23(15-20(16)22-9-11-25-12-10-22)21(24)13-18-7-4-6-17-5-2-3-8-19(17)18/h2-8,16,20H,9-15H2,1H3. The van der Waals surface area contributed by atoms with Gasteiger partial charge in [-0.15, -0.1) is 0 Å². The highest BCUT2D eigenvalue weighted by Crippen LogP contribution is 2.25. The van der Waals surface area contributed by atoms with Gasteiger partial charge in [-0.1, -0.05) is 49.4 Å². The van der Waals surface area contributed by atoms with E-state index in [0.717, 1.165) is 45.0 Å². The van der Waals surface area contributed by atoms with Crippen molar-refractivity contribution in [2.75, 3.05) is 39.4 Å². The Balaban J connectivity index is 1.46. The van der Waals surface area contributed by atoms with E-state index in [0.29, 0.717) is 18.4 Å². The van der Waals surface area contributed by atoms with Crippen LogP contribution in [0.2, 0.25) is 0 Å². The average Bonchev–Trinajstić information content (AvgIpc) is 3.05. The van der Waals surface area contributed by atoms with Crippen molar-refractivity contribution in [3.05, 3.63) is 48.0 Å². The van der Waals surface area contributed by atoms with Gasteiger partial charge in [-0.25, -0.2) is 0 Å². The topological polar surface area (TPSA) is 32.8 Å². The zero-order valence-corrected chi connectivity index (χ0v) is 14.9. The minimum Gasteiger partial charge on any atom is -0.379 e. The lowest BCUT2D eigenvalue weighted by atomic mass is 10.0. The highest BCUT2D eigenvalue weighted by Gasteiger charge is 2.36. The lowest BCUT2D eigenvalue weighted by Crippen LogP contribution is -2.47. The molecule has 0 spiro atoms. The number of likely N-dealkylation sites (tertiary alicyclic amines) is 1. The van der Waals surface area contributed by atoms with E-state index in [9.17, 15) is 4.79 Å². The van der Waals surface area contributed by atoms with Crippen molar-refractivity contribution in [3.8, 4) is 0 Å². The first kappa shape index (κ1) is 16.6. The van der Waals surface area contributed by atoms with E-state index < -0.39 is 0 Å². The third-order valence-corrected chi connectivity index (χ3v) is 5.66. The van der Waals surface area contributed by atoms with Crippen molar-refractivity contribution in [2.24, 2.45) is 5.92 Å². The quantitative estimate of drug-likeness (QED) is 0.862. The summed E-state index contributed by atoms with van der Waals surface area (Å²) < 4.78 is 5.47. The number of carbonyl (C=O) groups is 1. The number of hydrogen-bond acceptors (Lipinski definition) is 3. The molecule has 4 nitrogen and oxygen atoms in total. The fourth-order valence-corrected chi connectivity index (χ4v) is 4.26. The van der Waals surface area contributed by atoms with Crippen LogP contribution in [0.5, 0.6) is 0 Å². The predicted octanol–water partition coefficient (Wildman–Crippen LogP) is 2.56. The van der Waals surface area contributed by atoms with Gasteiger partial charge in [0.15, 0.2) is 0 Å². The summed E-state index contributed by atoms with van der Waals surface area (Å²) in [5, 5.41) is 2.39. The van der Waals surface area contributed by atoms with Crippen LogP contribution in [-0.4, -0.2) is 61.1 Å². The van der Waals surface area contributed by atoms with Gasteiger partial charge in [-0.2, -0.15) is 0 Å². The van der Waals surface area contributed by atoms with Crippen LogP contribution in [0.4, 0.5) is 0 Å². The minimum absolute atomic E-state index is 0.249. The minimum atomic E-state index is 0.249. The van der Waals surface area contributed by atoms with E-state index in [1.54, 1.807) is 0 Å². The molecule has 0 aliphatic carbocycles. The molecule has 2 fully saturated rings. The molecule has 4 heteroatoms. The molecule has 0 N–H and O–H groups in total. The van der Waals surface area contributed by atoms with Crippen molar-refractivity contribution < 1.29 is 9.53 Å². The van der Waals surface area contributed by atoms with Crippen LogP contribution in [0.3, 0.4) is 0 Å². The second-order valence-electron chi connectivity index (χ2n) is 7.31. The van der Waals surface area contributed by atoms with Gasteiger partial charge in [0.2, 0.25) is 5.91 Å². The third-order valence-electron chi connectivity index (χ3n) is 5.66. The van der Waals surface area contributed by atoms with Gasteiger partial charge >= 0.3 is 0 Å². The number of ether oxygens (including phenoxy) is 1. The summed E-state index contributed by atoms with van der Waals surface area (Å²) in [5.74, 6) is 0.772. The molecule has 0 bridgehead atoms. The van der Waals surface area contributed by atoms with Crippen LogP contribution in [0.15, 0.2) is 42.5 Å². The summed E-state index contributed by atoms with van der Waals surface area (Å²) >= 11 is 0. The molecule has 2 atom stereocenters. The van der Waals surface area contributed by atoms with Gasteiger partial charge < -0.3 is 9.64 Å². The molecule has 1 amide bonds. The molecule has 0 aromatic heterocycles. The largest absolute Gasteiger partial charge is 0.379 e. The van der Waals surface area contributed by atoms with E-state index in [1.165, 1.54) is 10.8 Å². The summed E-state index contributed by atoms with van der Waals surface area (Å²) in [6.45, 7) is 7.59. The maximum absolute atomic E-state index is 12.9. The normalized spacial score (nSPS) is 24.8. The van der Waals surface area contributed by atoms with Crippen LogP contribution in [0.25, 0.3) is 10.8 Å². The molecule has 2 aliphatic heterocycles. The summed E-state index contributed by atoms with van der Waals surface area (Å²) in [5.41, 5.74) is 1.13. The summed E-state index contributed by atoms with van der Waals surface area (Å²) in [4.78, 5) is 17.5. The lowest BCUT2D eigenvalue weighted by molar-refractivity contribution is -0.129. The number of hydrogen-bond donors (Lipinski definition) is 0. The van der Waals surface area contributed by atoms with Crippen molar-refractivity contribution >= 4 is 16.7 Å². The van der Waals surface area contributed by atoms with Crippen LogP contribution in [0, 0.1) is 5.92 Å². The van der Waals surface area contributed by atoms with Crippen molar-refractivity contribution in [3.63, 3.8) is 0 Å². The Bertz CT molecular complexity index is 749. The molecule has 2 heterocycles. The zero-order valence-electron chi connectivity index (χ0n) is 14.9. The van der Waals surface area contributed by atoms with Gasteiger partial charge in [0.05, 0.1) is 19.6 Å². The molecule has 2 aromatic carbocycles. The number of fused-ring (bicyclic) bond motifs is 1. The fourth-order valence-electron chi connectivity index (χ4n) is 4.26. The Morgan fingerprint density at radius 2 is 1.84 bits per heavy atom. The molecular weight excluding hydrogens is 312 g/mol. The Hall–Kier alpha value is -1.91. The molecule has 132 valence electrons. The van der Waals surface area contributed by atoms with Crippen LogP contribution >= 0.6 is 0 Å². The fraction of sp³-hybridized carbons (Fsp3) is 0.476. The first-order chi connectivity index (χ1) is 12.2. The van der Waals surface area contributed by atoms with Crippen LogP contribution in [-0.2, 0) is 16.0 Å². The molecule has 2 saturated heterocycles. The summed E-state index contributed by atoms with van der Waals surface area (Å²) in [6.07, 6.45) is 0.490. The Labute approximate surface area is 149 Å². The number of carbonyl (C=O) groups excluding carboxylic acids is 1. The number of rotatable bonds is 3. The van der Waals surface area contributed by atoms with E-state index in [2.05, 4.69) is 41.0 Å². The van der Waals surface area contributed by atoms with Gasteiger partial charge in [0.1, 0.15) is 0 Å². The molecule has 2 aromatic rings. The second kappa shape index (κ2) is 7.14. The van der Waals surface area contributed by atoms with Gasteiger partial charge in [-0.3, -0.25) is 9.69 Å². The Morgan fingerprint density at radius 1 is 1.08 bits per heavy atom. The van der Waals surface area contributed by atoms with E-state index >= 15 is 0 Å². The van der Waals surface area contributed by atoms with Crippen molar-refractivity contribution in [1.82, 2.24) is 9.80 Å². The smallest absolute Gasteiger partial charge is 0.227 e. The van der Waals surface area contributed by atoms with Crippen LogP contribution < -0.4 is 0 Å². The Morgan fingerprint density at radius 3 is 2.68 bits per heavy atom. The van der Waals surface area contributed by atoms with Crippen molar-refractivity contribution in [2.45, 2.75) is 19.4 Å². The maximum Gasteiger partial charge on any atom is 0.227 e. The van der Waals surface area contributed by atoms with E-state index in [1.807, 2.05) is 18.2 Å². The molecule has 2 aliphatic rings. The Kier molecular flexibility index (Phi) is 4.73. The molecular formula is C21H26N2O2. The molecule has 2 unspecified atom stereocenters. The van der Waals surface area contributed by atoms with Crippen molar-refractivity contribution in [1.29, 1.82) is 0 Å². The van der Waals surface area contributed by atoms with E-state index in [-0.39, 0.29) is 5.91 Å². The molecule has 4 rings (SSSR count). The van der Waals surface area contributed by atoms with Gasteiger partial charge in [-0.05, 0) is 22.3 Å². The number of nitrogens with zero attached hydrogens (tertiary/aromatic N) is 2. The number of morpholine rings is 1. The highest BCUT2D eigenvalue weighted by molar-refractivity contribution is 5.90. The average molecular weight is 338 g/mol. The van der Waals surface area contributed by atoms with Crippen LogP contribution in [0.1, 0.15) is 12.5 Å². The number of amides is 1. The molecule has 0 saturated carbocycles. The molecule has 25 heavy (non-hydrogen) atoms. The molecule has 0 radical (unpaired) electrons. The summed E-state index contributed by atoms with van der Waals surface area (Å²) in [6, 6.07) is 15.0. The summed E-state index contributed by atoms with van der Waals surface area (Å²) in [7, 11) is 0. The lowest BCUT2D eigenvalue weighted by Gasteiger charge is -2.34. The van der Waals surface area contributed by atoms with Gasteiger partial charge in [0, 0.05) is 32.2 Å². The third kappa shape index (κ3) is 3.42. The monoisotopic (exact) mass is 338 g/mol. The first-order valence-corrected chi connectivity index (χ1v) is 9.28. The number of benzene rings is 2. The maximum atomic E-state index is 12.9. The predicted molar refractivity (Wildman–Crippen MR) is 99.6 cm³/mol. The van der Waals surface area contributed by atoms with E-state index in [4.69, 9.17) is 4.74 Å². The first-order valence-electron chi connectivity index (χ1n) is 9.28.